The Bertz CT molecular complexity index is 572. The van der Waals surface area contributed by atoms with E-state index in [0.29, 0.717) is 0 Å². The number of ether oxygens (including phenoxy) is 1. The van der Waals surface area contributed by atoms with Crippen molar-refractivity contribution in [2.24, 2.45) is 0 Å². The summed E-state index contributed by atoms with van der Waals surface area (Å²) in [5.74, 6) is -13.6. The van der Waals surface area contributed by atoms with Gasteiger partial charge in [0.05, 0.1) is 10.6 Å². The lowest BCUT2D eigenvalue weighted by atomic mass is 10.1. The Morgan fingerprint density at radius 1 is 1.05 bits per heavy atom. The molecule has 2 nitrogen and oxygen atoms in total. The van der Waals surface area contributed by atoms with E-state index >= 15 is 0 Å². The lowest BCUT2D eigenvalue weighted by Crippen LogP contribution is -2.54. The van der Waals surface area contributed by atoms with Gasteiger partial charge in [-0.05, 0) is 18.2 Å². The van der Waals surface area contributed by atoms with Crippen LogP contribution in [-0.4, -0.2) is 30.6 Å². The van der Waals surface area contributed by atoms with Gasteiger partial charge in [0.1, 0.15) is 0 Å². The minimum absolute atomic E-state index is 0.0521. The molecule has 0 bridgehead atoms. The van der Waals surface area contributed by atoms with Crippen LogP contribution in [0.1, 0.15) is 10.4 Å². The molecule has 0 aliphatic carbocycles. The number of rotatable bonds is 4. The number of halogens is 9. The van der Waals surface area contributed by atoms with Gasteiger partial charge in [0.25, 0.3) is 0 Å². The average Bonchev–Trinajstić information content (AvgIpc) is 2.37. The molecule has 11 heteroatoms. The van der Waals surface area contributed by atoms with Crippen LogP contribution in [0.4, 0.5) is 30.7 Å². The summed E-state index contributed by atoms with van der Waals surface area (Å²) in [4.78, 5) is 11.4. The zero-order valence-corrected chi connectivity index (χ0v) is 11.7. The average molecular weight is 373 g/mol. The highest BCUT2D eigenvalue weighted by Crippen LogP contribution is 2.46. The van der Waals surface area contributed by atoms with Crippen LogP contribution in [0.2, 0.25) is 10.0 Å². The van der Waals surface area contributed by atoms with Crippen molar-refractivity contribution < 1.29 is 40.3 Å². The number of carbonyl (C=O) groups excluding carboxylic acids is 1. The van der Waals surface area contributed by atoms with Gasteiger partial charge in [-0.2, -0.15) is 30.7 Å². The van der Waals surface area contributed by atoms with E-state index in [1.807, 2.05) is 0 Å². The van der Waals surface area contributed by atoms with Crippen molar-refractivity contribution in [3.63, 3.8) is 0 Å². The van der Waals surface area contributed by atoms with E-state index in [9.17, 15) is 35.5 Å². The number of esters is 1. The molecule has 0 aliphatic rings. The predicted octanol–water partition coefficient (Wildman–Crippen LogP) is 4.98. The fourth-order valence-corrected chi connectivity index (χ4v) is 1.55. The number of alkyl halides is 7. The van der Waals surface area contributed by atoms with Crippen LogP contribution < -0.4 is 0 Å². The van der Waals surface area contributed by atoms with E-state index in [4.69, 9.17) is 23.2 Å². The zero-order valence-electron chi connectivity index (χ0n) is 10.2. The van der Waals surface area contributed by atoms with E-state index in [1.165, 1.54) is 6.07 Å². The highest BCUT2D eigenvalue weighted by atomic mass is 35.5. The summed E-state index contributed by atoms with van der Waals surface area (Å²) in [6.45, 7) is -2.48. The Morgan fingerprint density at radius 3 is 2.09 bits per heavy atom. The van der Waals surface area contributed by atoms with E-state index < -0.39 is 36.2 Å². The molecule has 0 atom stereocenters. The quantitative estimate of drug-likeness (QED) is 0.550. The molecule has 1 aromatic carbocycles. The van der Waals surface area contributed by atoms with Crippen LogP contribution in [-0.2, 0) is 4.74 Å². The molecule has 124 valence electrons. The maximum Gasteiger partial charge on any atom is 0.460 e. The Hall–Kier alpha value is -1.22. The van der Waals surface area contributed by atoms with Gasteiger partial charge in [0.2, 0.25) is 0 Å². The molecule has 1 rings (SSSR count). The summed E-state index contributed by atoms with van der Waals surface area (Å²) in [6, 6.07) is 3.20. The first kappa shape index (κ1) is 18.8. The second-order valence-corrected chi connectivity index (χ2v) is 4.82. The second kappa shape index (κ2) is 6.11. The normalized spacial score (nSPS) is 13.1. The van der Waals surface area contributed by atoms with Crippen molar-refractivity contribution in [2.45, 2.75) is 18.0 Å². The summed E-state index contributed by atoms with van der Waals surface area (Å²) >= 11 is 11.0. The molecular formula is C11H5Cl2F7O2. The van der Waals surface area contributed by atoms with Gasteiger partial charge >= 0.3 is 24.0 Å². The standard InChI is InChI=1S/C11H5Cl2F7O2/c12-5-1-2-7(13)6(3-5)8(21)22-4-9(14,15)10(16,17)11(18,19)20/h1-3H,4H2. The van der Waals surface area contributed by atoms with Gasteiger partial charge in [0, 0.05) is 5.02 Å². The molecule has 0 amide bonds. The zero-order chi connectivity index (χ0) is 17.3. The molecule has 22 heavy (non-hydrogen) atoms. The molecule has 0 heterocycles. The second-order valence-electron chi connectivity index (χ2n) is 3.98. The van der Waals surface area contributed by atoms with Crippen LogP contribution in [0.3, 0.4) is 0 Å². The smallest absolute Gasteiger partial charge is 0.455 e. The van der Waals surface area contributed by atoms with Crippen molar-refractivity contribution in [1.29, 1.82) is 0 Å². The molecule has 0 unspecified atom stereocenters. The predicted molar refractivity (Wildman–Crippen MR) is 62.7 cm³/mol. The summed E-state index contributed by atoms with van der Waals surface area (Å²) in [6.07, 6.45) is -6.50. The number of hydrogen-bond acceptors (Lipinski definition) is 2. The summed E-state index contributed by atoms with van der Waals surface area (Å²) < 4.78 is 90.5. The van der Waals surface area contributed by atoms with Crippen LogP contribution in [0.5, 0.6) is 0 Å². The van der Waals surface area contributed by atoms with Crippen molar-refractivity contribution in [1.82, 2.24) is 0 Å². The Morgan fingerprint density at radius 2 is 1.59 bits per heavy atom. The summed E-state index contributed by atoms with van der Waals surface area (Å²) in [5, 5.41) is -0.357. The minimum atomic E-state index is -6.50. The monoisotopic (exact) mass is 372 g/mol. The fraction of sp³-hybridized carbons (Fsp3) is 0.364. The highest BCUT2D eigenvalue weighted by Gasteiger charge is 2.73. The van der Waals surface area contributed by atoms with Gasteiger partial charge < -0.3 is 4.74 Å². The minimum Gasteiger partial charge on any atom is -0.455 e. The number of benzene rings is 1. The van der Waals surface area contributed by atoms with Crippen LogP contribution >= 0.6 is 23.2 Å². The third kappa shape index (κ3) is 3.75. The maximum absolute atomic E-state index is 12.9. The van der Waals surface area contributed by atoms with Crippen molar-refractivity contribution in [3.05, 3.63) is 33.8 Å². The van der Waals surface area contributed by atoms with Crippen LogP contribution in [0.25, 0.3) is 0 Å². The first-order valence-electron chi connectivity index (χ1n) is 5.24. The lowest BCUT2D eigenvalue weighted by Gasteiger charge is -2.27. The first-order chi connectivity index (χ1) is 9.79. The first-order valence-corrected chi connectivity index (χ1v) is 6.00. The Kier molecular flexibility index (Phi) is 5.23. The topological polar surface area (TPSA) is 26.3 Å². The van der Waals surface area contributed by atoms with Gasteiger partial charge in [-0.1, -0.05) is 23.2 Å². The van der Waals surface area contributed by atoms with E-state index in [1.54, 1.807) is 0 Å². The molecule has 0 N–H and O–H groups in total. The molecule has 1 aromatic rings. The number of hydrogen-bond donors (Lipinski definition) is 0. The van der Waals surface area contributed by atoms with E-state index in [2.05, 4.69) is 4.74 Å². The lowest BCUT2D eigenvalue weighted by molar-refractivity contribution is -0.359. The fourth-order valence-electron chi connectivity index (χ4n) is 1.19. The molecule has 0 saturated heterocycles. The third-order valence-corrected chi connectivity index (χ3v) is 2.91. The van der Waals surface area contributed by atoms with Crippen molar-refractivity contribution >= 4 is 29.2 Å². The summed E-state index contributed by atoms with van der Waals surface area (Å²) in [7, 11) is 0. The molecule has 0 aliphatic heterocycles. The number of carbonyl (C=O) groups is 1. The molecular weight excluding hydrogens is 368 g/mol. The van der Waals surface area contributed by atoms with E-state index in [-0.39, 0.29) is 10.0 Å². The van der Waals surface area contributed by atoms with E-state index in [0.717, 1.165) is 12.1 Å². The van der Waals surface area contributed by atoms with Crippen LogP contribution in [0, 0.1) is 0 Å². The van der Waals surface area contributed by atoms with Crippen LogP contribution in [0.15, 0.2) is 18.2 Å². The largest absolute Gasteiger partial charge is 0.460 e. The van der Waals surface area contributed by atoms with Crippen molar-refractivity contribution in [3.8, 4) is 0 Å². The van der Waals surface area contributed by atoms with Gasteiger partial charge in [-0.3, -0.25) is 0 Å². The third-order valence-electron chi connectivity index (χ3n) is 2.35. The molecule has 0 radical (unpaired) electrons. The van der Waals surface area contributed by atoms with Crippen molar-refractivity contribution in [2.75, 3.05) is 6.61 Å². The van der Waals surface area contributed by atoms with Gasteiger partial charge in [-0.15, -0.1) is 0 Å². The summed E-state index contributed by atoms with van der Waals surface area (Å²) in [5.41, 5.74) is -0.555. The Balaban J connectivity index is 2.89. The van der Waals surface area contributed by atoms with Gasteiger partial charge in [0.15, 0.2) is 6.61 Å². The molecule has 0 aromatic heterocycles. The molecule has 0 fully saturated rings. The maximum atomic E-state index is 12.9. The SMILES string of the molecule is O=C(OCC(F)(F)C(F)(F)C(F)(F)F)c1cc(Cl)ccc1Cl. The molecule has 0 saturated carbocycles. The Labute approximate surface area is 128 Å². The molecule has 0 spiro atoms. The van der Waals surface area contributed by atoms with Gasteiger partial charge in [-0.25, -0.2) is 4.79 Å². The highest BCUT2D eigenvalue weighted by molar-refractivity contribution is 6.35.